The highest BCUT2D eigenvalue weighted by Crippen LogP contribution is 2.24. The molecular weight excluding hydrogens is 380 g/mol. The maximum absolute atomic E-state index is 11.9. The first-order valence-corrected chi connectivity index (χ1v) is 8.58. The van der Waals surface area contributed by atoms with Crippen LogP contribution in [0.5, 0.6) is 11.5 Å². The van der Waals surface area contributed by atoms with Gasteiger partial charge in [-0.3, -0.25) is 4.79 Å². The average Bonchev–Trinajstić information content (AvgIpc) is 2.54. The van der Waals surface area contributed by atoms with Gasteiger partial charge in [0, 0.05) is 5.02 Å². The van der Waals surface area contributed by atoms with Crippen LogP contribution in [0.2, 0.25) is 5.02 Å². The van der Waals surface area contributed by atoms with Gasteiger partial charge < -0.3 is 9.47 Å². The molecule has 0 N–H and O–H groups in total. The first kappa shape index (κ1) is 17.8. The fourth-order valence-electron chi connectivity index (χ4n) is 1.84. The molecule has 1 unspecified atom stereocenters. The molecule has 5 heteroatoms. The van der Waals surface area contributed by atoms with Crippen molar-refractivity contribution in [1.82, 2.24) is 0 Å². The van der Waals surface area contributed by atoms with Crippen LogP contribution in [0.15, 0.2) is 48.5 Å². The van der Waals surface area contributed by atoms with Crippen molar-refractivity contribution in [2.24, 2.45) is 5.92 Å². The minimum absolute atomic E-state index is 0.182. The molecule has 3 nitrogen and oxygen atoms in total. The summed E-state index contributed by atoms with van der Waals surface area (Å²) in [7, 11) is 0. The summed E-state index contributed by atoms with van der Waals surface area (Å²) in [5.74, 6) is 1.30. The van der Waals surface area contributed by atoms with Gasteiger partial charge in [-0.2, -0.15) is 0 Å². The van der Waals surface area contributed by atoms with Gasteiger partial charge in [-0.25, -0.2) is 0 Å². The van der Waals surface area contributed by atoms with Crippen molar-refractivity contribution < 1.29 is 14.3 Å². The zero-order chi connectivity index (χ0) is 16.8. The Kier molecular flexibility index (Phi) is 6.48. The zero-order valence-electron chi connectivity index (χ0n) is 13.0. The van der Waals surface area contributed by atoms with E-state index in [1.807, 2.05) is 38.1 Å². The molecule has 2 aromatic rings. The first-order chi connectivity index (χ1) is 11.0. The van der Waals surface area contributed by atoms with Gasteiger partial charge in [-0.1, -0.05) is 53.5 Å². The number of halogens is 2. The summed E-state index contributed by atoms with van der Waals surface area (Å²) in [6, 6.07) is 14.6. The van der Waals surface area contributed by atoms with Gasteiger partial charge in [0.25, 0.3) is 0 Å². The van der Waals surface area contributed by atoms with Crippen molar-refractivity contribution in [3.63, 3.8) is 0 Å². The summed E-state index contributed by atoms with van der Waals surface area (Å²) in [6.45, 7) is 4.13. The topological polar surface area (TPSA) is 35.5 Å². The molecule has 0 aliphatic rings. The summed E-state index contributed by atoms with van der Waals surface area (Å²) in [5, 5.41) is 0.660. The van der Waals surface area contributed by atoms with E-state index < -0.39 is 0 Å². The Morgan fingerprint density at radius 3 is 2.48 bits per heavy atom. The standard InChI is InChI=1S/C18H18BrClO3/c1-12(2)17(19)18(21)22-11-13-4-3-5-16(10-13)23-15-8-6-14(20)7-9-15/h3-10,12,17H,11H2,1-2H3. The van der Waals surface area contributed by atoms with Crippen LogP contribution in [-0.4, -0.2) is 10.8 Å². The van der Waals surface area contributed by atoms with Crippen molar-refractivity contribution in [1.29, 1.82) is 0 Å². The van der Waals surface area contributed by atoms with E-state index in [1.54, 1.807) is 24.3 Å². The number of carbonyl (C=O) groups excluding carboxylic acids is 1. The molecule has 2 rings (SSSR count). The van der Waals surface area contributed by atoms with Crippen LogP contribution in [0.4, 0.5) is 0 Å². The average molecular weight is 398 g/mol. The maximum Gasteiger partial charge on any atom is 0.320 e. The summed E-state index contributed by atoms with van der Waals surface area (Å²) < 4.78 is 11.1. The maximum atomic E-state index is 11.9. The second-order valence-electron chi connectivity index (χ2n) is 5.46. The van der Waals surface area contributed by atoms with E-state index in [2.05, 4.69) is 15.9 Å². The quantitative estimate of drug-likeness (QED) is 0.470. The molecule has 0 bridgehead atoms. The lowest BCUT2D eigenvalue weighted by molar-refractivity contribution is -0.144. The number of alkyl halides is 1. The molecule has 1 atom stereocenters. The molecule has 0 aliphatic heterocycles. The number of rotatable bonds is 6. The van der Waals surface area contributed by atoms with Gasteiger partial charge >= 0.3 is 5.97 Å². The first-order valence-electron chi connectivity index (χ1n) is 7.29. The van der Waals surface area contributed by atoms with Gasteiger partial charge in [-0.05, 0) is 47.9 Å². The Morgan fingerprint density at radius 2 is 1.83 bits per heavy atom. The SMILES string of the molecule is CC(C)C(Br)C(=O)OCc1cccc(Oc2ccc(Cl)cc2)c1. The molecular formula is C18H18BrClO3. The Labute approximate surface area is 149 Å². The summed E-state index contributed by atoms with van der Waals surface area (Å²) in [6.07, 6.45) is 0. The number of carbonyl (C=O) groups is 1. The highest BCUT2D eigenvalue weighted by molar-refractivity contribution is 9.10. The minimum atomic E-state index is -0.295. The van der Waals surface area contributed by atoms with Crippen LogP contribution in [-0.2, 0) is 16.1 Å². The minimum Gasteiger partial charge on any atom is -0.460 e. The number of hydrogen-bond acceptors (Lipinski definition) is 3. The van der Waals surface area contributed by atoms with Crippen LogP contribution >= 0.6 is 27.5 Å². The van der Waals surface area contributed by atoms with Gasteiger partial charge in [0.15, 0.2) is 0 Å². The molecule has 2 aromatic carbocycles. The molecule has 0 heterocycles. The largest absolute Gasteiger partial charge is 0.460 e. The van der Waals surface area contributed by atoms with Crippen molar-refractivity contribution in [2.45, 2.75) is 25.3 Å². The fraction of sp³-hybridized carbons (Fsp3) is 0.278. The predicted octanol–water partition coefficient (Wildman–Crippen LogP) is 5.60. The zero-order valence-corrected chi connectivity index (χ0v) is 15.3. The van der Waals surface area contributed by atoms with Crippen molar-refractivity contribution in [3.8, 4) is 11.5 Å². The van der Waals surface area contributed by atoms with Crippen LogP contribution < -0.4 is 4.74 Å². The Hall–Kier alpha value is -1.52. The van der Waals surface area contributed by atoms with Crippen molar-refractivity contribution in [2.75, 3.05) is 0 Å². The van der Waals surface area contributed by atoms with E-state index in [-0.39, 0.29) is 23.3 Å². The predicted molar refractivity (Wildman–Crippen MR) is 95.3 cm³/mol. The lowest BCUT2D eigenvalue weighted by atomic mass is 10.1. The van der Waals surface area contributed by atoms with Gasteiger partial charge in [0.2, 0.25) is 0 Å². The molecule has 0 aromatic heterocycles. The number of esters is 1. The van der Waals surface area contributed by atoms with E-state index in [4.69, 9.17) is 21.1 Å². The Morgan fingerprint density at radius 1 is 1.13 bits per heavy atom. The Balaban J connectivity index is 1.97. The van der Waals surface area contributed by atoms with Crippen LogP contribution in [0.25, 0.3) is 0 Å². The summed E-state index contributed by atoms with van der Waals surface area (Å²) in [4.78, 5) is 11.6. The van der Waals surface area contributed by atoms with Crippen molar-refractivity contribution in [3.05, 3.63) is 59.1 Å². The lowest BCUT2D eigenvalue weighted by Crippen LogP contribution is -2.22. The van der Waals surface area contributed by atoms with Gasteiger partial charge in [-0.15, -0.1) is 0 Å². The van der Waals surface area contributed by atoms with Gasteiger partial charge in [0.05, 0.1) is 0 Å². The van der Waals surface area contributed by atoms with E-state index in [0.29, 0.717) is 16.5 Å². The lowest BCUT2D eigenvalue weighted by Gasteiger charge is -2.13. The van der Waals surface area contributed by atoms with Gasteiger partial charge in [0.1, 0.15) is 22.9 Å². The van der Waals surface area contributed by atoms with E-state index >= 15 is 0 Å². The fourth-order valence-corrected chi connectivity index (χ4v) is 2.10. The normalized spacial score (nSPS) is 12.0. The second kappa shape index (κ2) is 8.37. The summed E-state index contributed by atoms with van der Waals surface area (Å²) in [5.41, 5.74) is 0.869. The molecule has 0 aliphatic carbocycles. The third-order valence-electron chi connectivity index (χ3n) is 3.14. The smallest absolute Gasteiger partial charge is 0.320 e. The van der Waals surface area contributed by atoms with Crippen molar-refractivity contribution >= 4 is 33.5 Å². The second-order valence-corrected chi connectivity index (χ2v) is 6.88. The van der Waals surface area contributed by atoms with Crippen LogP contribution in [0.1, 0.15) is 19.4 Å². The third-order valence-corrected chi connectivity index (χ3v) is 4.82. The Bertz CT molecular complexity index is 656. The van der Waals surface area contributed by atoms with E-state index in [0.717, 1.165) is 5.56 Å². The third kappa shape index (κ3) is 5.56. The van der Waals surface area contributed by atoms with E-state index in [9.17, 15) is 4.79 Å². The molecule has 0 spiro atoms. The molecule has 0 amide bonds. The molecule has 0 radical (unpaired) electrons. The van der Waals surface area contributed by atoms with Crippen LogP contribution in [0, 0.1) is 5.92 Å². The number of benzene rings is 2. The summed E-state index contributed by atoms with van der Waals surface area (Å²) >= 11 is 9.19. The number of hydrogen-bond donors (Lipinski definition) is 0. The molecule has 23 heavy (non-hydrogen) atoms. The highest BCUT2D eigenvalue weighted by atomic mass is 79.9. The van der Waals surface area contributed by atoms with Crippen LogP contribution in [0.3, 0.4) is 0 Å². The molecule has 0 saturated heterocycles. The monoisotopic (exact) mass is 396 g/mol. The molecule has 0 fully saturated rings. The number of ether oxygens (including phenoxy) is 2. The molecule has 0 saturated carbocycles. The molecule has 122 valence electrons. The van der Waals surface area contributed by atoms with E-state index in [1.165, 1.54) is 0 Å². The highest BCUT2D eigenvalue weighted by Gasteiger charge is 2.20.